The molecular formula is C16H18BrNOS. The average Bonchev–Trinajstić information content (AvgIpc) is 2.79. The van der Waals surface area contributed by atoms with E-state index in [1.807, 2.05) is 39.0 Å². The standard InChI is InChI=1S/C16H18BrNOS/c1-16(2,3)18-15(19)14-5-4-13(17)9-12(14)8-11-6-7-20-10-11/h4-7,9-10H,8H2,1-3H3,(H,18,19). The summed E-state index contributed by atoms with van der Waals surface area (Å²) in [5.41, 5.74) is 2.79. The van der Waals surface area contributed by atoms with Crippen LogP contribution in [-0.2, 0) is 6.42 Å². The highest BCUT2D eigenvalue weighted by Gasteiger charge is 2.18. The average molecular weight is 352 g/mol. The van der Waals surface area contributed by atoms with Crippen LogP contribution in [0.1, 0.15) is 42.3 Å². The van der Waals surface area contributed by atoms with Gasteiger partial charge in [-0.15, -0.1) is 0 Å². The van der Waals surface area contributed by atoms with Crippen LogP contribution in [-0.4, -0.2) is 11.4 Å². The van der Waals surface area contributed by atoms with E-state index in [0.29, 0.717) is 0 Å². The van der Waals surface area contributed by atoms with Gasteiger partial charge in [-0.2, -0.15) is 11.3 Å². The largest absolute Gasteiger partial charge is 0.347 e. The predicted molar refractivity (Wildman–Crippen MR) is 88.5 cm³/mol. The molecule has 1 heterocycles. The van der Waals surface area contributed by atoms with E-state index in [1.165, 1.54) is 5.56 Å². The Kier molecular flexibility index (Phi) is 4.66. The van der Waals surface area contributed by atoms with Crippen molar-refractivity contribution in [3.05, 3.63) is 56.2 Å². The van der Waals surface area contributed by atoms with Gasteiger partial charge in [-0.1, -0.05) is 15.9 Å². The van der Waals surface area contributed by atoms with Gasteiger partial charge in [0.2, 0.25) is 0 Å². The van der Waals surface area contributed by atoms with Crippen LogP contribution in [0, 0.1) is 0 Å². The molecule has 1 aromatic heterocycles. The fraction of sp³-hybridized carbons (Fsp3) is 0.312. The summed E-state index contributed by atoms with van der Waals surface area (Å²) >= 11 is 5.16. The number of carbonyl (C=O) groups is 1. The van der Waals surface area contributed by atoms with E-state index in [2.05, 4.69) is 38.1 Å². The molecule has 0 aliphatic heterocycles. The Hall–Kier alpha value is -1.13. The highest BCUT2D eigenvalue weighted by molar-refractivity contribution is 9.10. The van der Waals surface area contributed by atoms with Crippen molar-refractivity contribution in [2.75, 3.05) is 0 Å². The lowest BCUT2D eigenvalue weighted by molar-refractivity contribution is 0.0918. The third kappa shape index (κ3) is 4.18. The molecule has 0 saturated heterocycles. The van der Waals surface area contributed by atoms with Crippen LogP contribution in [0.15, 0.2) is 39.5 Å². The number of rotatable bonds is 3. The SMILES string of the molecule is CC(C)(C)NC(=O)c1ccc(Br)cc1Cc1ccsc1. The van der Waals surface area contributed by atoms with E-state index in [9.17, 15) is 4.79 Å². The minimum Gasteiger partial charge on any atom is -0.347 e. The first kappa shape index (κ1) is 15.3. The van der Waals surface area contributed by atoms with Crippen molar-refractivity contribution in [3.63, 3.8) is 0 Å². The highest BCUT2D eigenvalue weighted by atomic mass is 79.9. The Morgan fingerprint density at radius 3 is 2.65 bits per heavy atom. The van der Waals surface area contributed by atoms with Gasteiger partial charge in [-0.05, 0) is 73.3 Å². The minimum absolute atomic E-state index is 0.0183. The van der Waals surface area contributed by atoms with Gasteiger partial charge in [0.05, 0.1) is 0 Å². The van der Waals surface area contributed by atoms with E-state index < -0.39 is 0 Å². The number of hydrogen-bond acceptors (Lipinski definition) is 2. The summed E-state index contributed by atoms with van der Waals surface area (Å²) < 4.78 is 0.995. The molecule has 1 amide bonds. The molecular weight excluding hydrogens is 334 g/mol. The molecule has 106 valence electrons. The molecule has 0 fully saturated rings. The topological polar surface area (TPSA) is 29.1 Å². The van der Waals surface area contributed by atoms with Crippen molar-refractivity contribution < 1.29 is 4.79 Å². The summed E-state index contributed by atoms with van der Waals surface area (Å²) in [7, 11) is 0. The third-order valence-corrected chi connectivity index (χ3v) is 4.00. The quantitative estimate of drug-likeness (QED) is 0.857. The van der Waals surface area contributed by atoms with Crippen molar-refractivity contribution >= 4 is 33.2 Å². The van der Waals surface area contributed by atoms with Gasteiger partial charge < -0.3 is 5.32 Å². The van der Waals surface area contributed by atoms with E-state index >= 15 is 0 Å². The molecule has 0 spiro atoms. The normalized spacial score (nSPS) is 11.4. The molecule has 1 aromatic carbocycles. The zero-order valence-corrected chi connectivity index (χ0v) is 14.3. The van der Waals surface area contributed by atoms with Crippen molar-refractivity contribution in [1.82, 2.24) is 5.32 Å². The first-order valence-corrected chi connectivity index (χ1v) is 8.21. The summed E-state index contributed by atoms with van der Waals surface area (Å²) in [6.45, 7) is 5.97. The van der Waals surface area contributed by atoms with E-state index in [1.54, 1.807) is 11.3 Å². The Bertz CT molecular complexity index is 599. The lowest BCUT2D eigenvalue weighted by Crippen LogP contribution is -2.40. The van der Waals surface area contributed by atoms with Crippen molar-refractivity contribution in [2.45, 2.75) is 32.7 Å². The van der Waals surface area contributed by atoms with Gasteiger partial charge in [0.1, 0.15) is 0 Å². The number of carbonyl (C=O) groups excluding carboxylic acids is 1. The van der Waals surface area contributed by atoms with Crippen LogP contribution < -0.4 is 5.32 Å². The lowest BCUT2D eigenvalue weighted by atomic mass is 9.99. The molecule has 0 atom stereocenters. The fourth-order valence-electron chi connectivity index (χ4n) is 1.95. The van der Waals surface area contributed by atoms with Gasteiger partial charge in [0, 0.05) is 15.6 Å². The molecule has 2 aromatic rings. The summed E-state index contributed by atoms with van der Waals surface area (Å²) in [5.74, 6) is -0.0183. The first-order valence-electron chi connectivity index (χ1n) is 6.47. The molecule has 0 radical (unpaired) electrons. The predicted octanol–water partition coefficient (Wildman–Crippen LogP) is 4.63. The second-order valence-corrected chi connectivity index (χ2v) is 7.51. The Balaban J connectivity index is 2.30. The Morgan fingerprint density at radius 1 is 1.30 bits per heavy atom. The van der Waals surface area contributed by atoms with Crippen LogP contribution in [0.25, 0.3) is 0 Å². The monoisotopic (exact) mass is 351 g/mol. The van der Waals surface area contributed by atoms with E-state index in [4.69, 9.17) is 0 Å². The number of amides is 1. The Labute approximate surface area is 132 Å². The van der Waals surface area contributed by atoms with Crippen molar-refractivity contribution in [3.8, 4) is 0 Å². The molecule has 20 heavy (non-hydrogen) atoms. The third-order valence-electron chi connectivity index (χ3n) is 2.78. The maximum Gasteiger partial charge on any atom is 0.251 e. The number of halogens is 1. The molecule has 0 bridgehead atoms. The number of nitrogens with one attached hydrogen (secondary N) is 1. The minimum atomic E-state index is -0.232. The number of thiophene rings is 1. The first-order chi connectivity index (χ1) is 9.35. The maximum atomic E-state index is 12.4. The summed E-state index contributed by atoms with van der Waals surface area (Å²) in [6, 6.07) is 7.91. The van der Waals surface area contributed by atoms with Crippen LogP contribution in [0.3, 0.4) is 0 Å². The number of hydrogen-bond donors (Lipinski definition) is 1. The van der Waals surface area contributed by atoms with Crippen molar-refractivity contribution in [2.24, 2.45) is 0 Å². The Morgan fingerprint density at radius 2 is 2.05 bits per heavy atom. The van der Waals surface area contributed by atoms with Gasteiger partial charge in [0.15, 0.2) is 0 Å². The molecule has 2 nitrogen and oxygen atoms in total. The zero-order valence-electron chi connectivity index (χ0n) is 11.9. The number of benzene rings is 1. The summed E-state index contributed by atoms with van der Waals surface area (Å²) in [5, 5.41) is 7.20. The lowest BCUT2D eigenvalue weighted by Gasteiger charge is -2.21. The molecule has 0 aliphatic carbocycles. The molecule has 0 unspecified atom stereocenters. The maximum absolute atomic E-state index is 12.4. The summed E-state index contributed by atoms with van der Waals surface area (Å²) in [6.07, 6.45) is 0.774. The van der Waals surface area contributed by atoms with Crippen LogP contribution in [0.2, 0.25) is 0 Å². The smallest absolute Gasteiger partial charge is 0.251 e. The van der Waals surface area contributed by atoms with Crippen molar-refractivity contribution in [1.29, 1.82) is 0 Å². The zero-order chi connectivity index (χ0) is 14.8. The fourth-order valence-corrected chi connectivity index (χ4v) is 3.03. The van der Waals surface area contributed by atoms with Crippen LogP contribution in [0.5, 0.6) is 0 Å². The molecule has 2 rings (SSSR count). The van der Waals surface area contributed by atoms with Crippen LogP contribution >= 0.6 is 27.3 Å². The second-order valence-electron chi connectivity index (χ2n) is 5.81. The van der Waals surface area contributed by atoms with E-state index in [-0.39, 0.29) is 11.4 Å². The second kappa shape index (κ2) is 6.10. The molecule has 0 saturated carbocycles. The van der Waals surface area contributed by atoms with Gasteiger partial charge in [-0.25, -0.2) is 0 Å². The molecule has 1 N–H and O–H groups in total. The van der Waals surface area contributed by atoms with Crippen LogP contribution in [0.4, 0.5) is 0 Å². The molecule has 0 aliphatic rings. The van der Waals surface area contributed by atoms with E-state index in [0.717, 1.165) is 22.0 Å². The summed E-state index contributed by atoms with van der Waals surface area (Å²) in [4.78, 5) is 12.4. The highest BCUT2D eigenvalue weighted by Crippen LogP contribution is 2.21. The van der Waals surface area contributed by atoms with Gasteiger partial charge in [0.25, 0.3) is 5.91 Å². The molecule has 4 heteroatoms. The van der Waals surface area contributed by atoms with Gasteiger partial charge in [-0.3, -0.25) is 4.79 Å². The van der Waals surface area contributed by atoms with Gasteiger partial charge >= 0.3 is 0 Å².